The van der Waals surface area contributed by atoms with Crippen molar-refractivity contribution in [2.45, 2.75) is 19.4 Å². The van der Waals surface area contributed by atoms with Gasteiger partial charge in [0.2, 0.25) is 5.91 Å². The highest BCUT2D eigenvalue weighted by molar-refractivity contribution is 14.0. The number of thiophene rings is 1. The van der Waals surface area contributed by atoms with Crippen molar-refractivity contribution in [1.29, 1.82) is 0 Å². The van der Waals surface area contributed by atoms with Crippen LogP contribution in [0.15, 0.2) is 59.7 Å². The molecule has 1 amide bonds. The molecule has 172 valence electrons. The van der Waals surface area contributed by atoms with Gasteiger partial charge in [-0.15, -0.1) is 35.3 Å². The van der Waals surface area contributed by atoms with E-state index in [0.717, 1.165) is 20.7 Å². The number of rotatable bonds is 9. The van der Waals surface area contributed by atoms with Gasteiger partial charge in [0.15, 0.2) is 5.96 Å². The first kappa shape index (κ1) is 26.0. The highest BCUT2D eigenvalue weighted by Crippen LogP contribution is 2.29. The van der Waals surface area contributed by atoms with Crippen LogP contribution in [0.1, 0.15) is 23.6 Å². The van der Waals surface area contributed by atoms with Gasteiger partial charge in [-0.2, -0.15) is 0 Å². The fourth-order valence-corrected chi connectivity index (χ4v) is 4.07. The number of halogens is 1. The summed E-state index contributed by atoms with van der Waals surface area (Å²) in [5.41, 5.74) is 0.955. The minimum absolute atomic E-state index is 0. The first-order chi connectivity index (χ1) is 15.1. The van der Waals surface area contributed by atoms with Gasteiger partial charge in [-0.1, -0.05) is 24.3 Å². The van der Waals surface area contributed by atoms with Crippen molar-refractivity contribution in [3.05, 3.63) is 65.3 Å². The van der Waals surface area contributed by atoms with E-state index in [1.54, 1.807) is 29.5 Å². The van der Waals surface area contributed by atoms with Crippen LogP contribution in [0.4, 0.5) is 0 Å². The van der Waals surface area contributed by atoms with Crippen LogP contribution in [-0.2, 0) is 11.2 Å². The highest BCUT2D eigenvalue weighted by atomic mass is 127. The van der Waals surface area contributed by atoms with E-state index in [0.29, 0.717) is 32.0 Å². The third kappa shape index (κ3) is 7.72. The Morgan fingerprint density at radius 1 is 1.22 bits per heavy atom. The molecule has 2 aromatic heterocycles. The lowest BCUT2D eigenvalue weighted by molar-refractivity contribution is -0.128. The smallest absolute Gasteiger partial charge is 0.244 e. The fraction of sp³-hybridized carbons (Fsp3) is 0.348. The molecule has 2 heterocycles. The molecule has 3 aromatic rings. The van der Waals surface area contributed by atoms with Crippen molar-refractivity contribution in [1.82, 2.24) is 20.5 Å². The number of amides is 1. The van der Waals surface area contributed by atoms with E-state index < -0.39 is 6.10 Å². The number of nitrogens with one attached hydrogen (secondary N) is 2. The standard InChI is InChI=1S/C23H29N5O2S.HI/c1-3-24-23(26-15-19(29)21-14-17-8-4-5-10-20(17)31-21)27-16-22(30)28(2)13-11-18-9-6-7-12-25-18;/h4-10,12,14,19,29H,3,11,13,15-16H2,1-2H3,(H2,24,26,27);1H. The zero-order valence-corrected chi connectivity index (χ0v) is 21.5. The Morgan fingerprint density at radius 2 is 2.00 bits per heavy atom. The summed E-state index contributed by atoms with van der Waals surface area (Å²) in [6, 6.07) is 15.8. The molecule has 0 fully saturated rings. The molecule has 0 bridgehead atoms. The zero-order chi connectivity index (χ0) is 22.1. The largest absolute Gasteiger partial charge is 0.386 e. The van der Waals surface area contributed by atoms with E-state index in [2.05, 4.69) is 20.6 Å². The average Bonchev–Trinajstić information content (AvgIpc) is 3.24. The van der Waals surface area contributed by atoms with Crippen molar-refractivity contribution in [2.75, 3.05) is 33.2 Å². The van der Waals surface area contributed by atoms with Crippen LogP contribution in [0.25, 0.3) is 10.1 Å². The molecule has 3 N–H and O–H groups in total. The van der Waals surface area contributed by atoms with E-state index in [1.807, 2.05) is 55.5 Å². The van der Waals surface area contributed by atoms with E-state index >= 15 is 0 Å². The molecular weight excluding hydrogens is 537 g/mol. The van der Waals surface area contributed by atoms with Gasteiger partial charge in [0.25, 0.3) is 0 Å². The first-order valence-corrected chi connectivity index (χ1v) is 11.2. The molecule has 1 atom stereocenters. The maximum atomic E-state index is 12.4. The molecule has 0 aliphatic heterocycles. The Bertz CT molecular complexity index is 979. The lowest BCUT2D eigenvalue weighted by atomic mass is 10.2. The van der Waals surface area contributed by atoms with Crippen LogP contribution in [0.5, 0.6) is 0 Å². The third-order valence-electron chi connectivity index (χ3n) is 4.81. The van der Waals surface area contributed by atoms with Crippen molar-refractivity contribution >= 4 is 57.3 Å². The van der Waals surface area contributed by atoms with Gasteiger partial charge in [0, 0.05) is 54.6 Å². The molecule has 0 aliphatic rings. The lowest BCUT2D eigenvalue weighted by Crippen LogP contribution is -2.40. The van der Waals surface area contributed by atoms with E-state index in [9.17, 15) is 9.90 Å². The lowest BCUT2D eigenvalue weighted by Gasteiger charge is -2.17. The summed E-state index contributed by atoms with van der Waals surface area (Å²) < 4.78 is 1.15. The number of aliphatic imine (C=N–C) groups is 1. The van der Waals surface area contributed by atoms with E-state index in [-0.39, 0.29) is 36.4 Å². The summed E-state index contributed by atoms with van der Waals surface area (Å²) in [7, 11) is 1.77. The molecule has 0 saturated heterocycles. The number of carbonyl (C=O) groups excluding carboxylic acids is 1. The summed E-state index contributed by atoms with van der Waals surface area (Å²) >= 11 is 1.58. The maximum Gasteiger partial charge on any atom is 0.244 e. The monoisotopic (exact) mass is 567 g/mol. The molecule has 9 heteroatoms. The van der Waals surface area contributed by atoms with Crippen LogP contribution in [0.3, 0.4) is 0 Å². The molecule has 0 spiro atoms. The van der Waals surface area contributed by atoms with Crippen molar-refractivity contribution < 1.29 is 9.90 Å². The number of aromatic nitrogens is 1. The quantitative estimate of drug-likeness (QED) is 0.210. The summed E-state index contributed by atoms with van der Waals surface area (Å²) in [5, 5.41) is 17.9. The highest BCUT2D eigenvalue weighted by Gasteiger charge is 2.13. The molecule has 32 heavy (non-hydrogen) atoms. The van der Waals surface area contributed by atoms with Gasteiger partial charge in [0.05, 0.1) is 0 Å². The predicted octanol–water partition coefficient (Wildman–Crippen LogP) is 3.20. The van der Waals surface area contributed by atoms with Gasteiger partial charge in [0.1, 0.15) is 12.6 Å². The van der Waals surface area contributed by atoms with Crippen molar-refractivity contribution in [2.24, 2.45) is 4.99 Å². The van der Waals surface area contributed by atoms with Gasteiger partial charge in [-0.3, -0.25) is 9.78 Å². The minimum Gasteiger partial charge on any atom is -0.386 e. The number of aliphatic hydroxyl groups is 1. The normalized spacial score (nSPS) is 12.2. The molecule has 3 rings (SSSR count). The van der Waals surface area contributed by atoms with Crippen molar-refractivity contribution in [3.8, 4) is 0 Å². The Balaban J connectivity index is 0.00000363. The number of pyridine rings is 1. The summed E-state index contributed by atoms with van der Waals surface area (Å²) in [5.74, 6) is 0.437. The first-order valence-electron chi connectivity index (χ1n) is 10.4. The molecule has 0 saturated carbocycles. The number of guanidine groups is 1. The summed E-state index contributed by atoms with van der Waals surface area (Å²) in [4.78, 5) is 23.6. The number of aliphatic hydroxyl groups excluding tert-OH is 1. The molecular formula is C23H30IN5O2S. The van der Waals surface area contributed by atoms with Crippen LogP contribution in [-0.4, -0.2) is 60.1 Å². The minimum atomic E-state index is -0.655. The number of benzene rings is 1. The zero-order valence-electron chi connectivity index (χ0n) is 18.3. The second-order valence-electron chi connectivity index (χ2n) is 7.16. The summed E-state index contributed by atoms with van der Waals surface area (Å²) in [6.07, 6.45) is 1.80. The second-order valence-corrected chi connectivity index (χ2v) is 8.28. The average molecular weight is 567 g/mol. The SMILES string of the molecule is CCNC(=NCC(=O)N(C)CCc1ccccn1)NCC(O)c1cc2ccccc2s1.I. The Hall–Kier alpha value is -2.24. The Labute approximate surface area is 210 Å². The van der Waals surface area contributed by atoms with Gasteiger partial charge in [-0.05, 0) is 36.6 Å². The number of fused-ring (bicyclic) bond motifs is 1. The van der Waals surface area contributed by atoms with Crippen molar-refractivity contribution in [3.63, 3.8) is 0 Å². The van der Waals surface area contributed by atoms with Gasteiger partial charge in [-0.25, -0.2) is 4.99 Å². The van der Waals surface area contributed by atoms with Gasteiger partial charge < -0.3 is 20.6 Å². The topological polar surface area (TPSA) is 89.9 Å². The van der Waals surface area contributed by atoms with Crippen LogP contribution in [0, 0.1) is 0 Å². The number of likely N-dealkylation sites (N-methyl/N-ethyl adjacent to an activating group) is 1. The van der Waals surface area contributed by atoms with Gasteiger partial charge >= 0.3 is 0 Å². The van der Waals surface area contributed by atoms with Crippen LogP contribution < -0.4 is 10.6 Å². The molecule has 1 unspecified atom stereocenters. The third-order valence-corrected chi connectivity index (χ3v) is 6.03. The Morgan fingerprint density at radius 3 is 2.72 bits per heavy atom. The molecule has 1 aromatic carbocycles. The maximum absolute atomic E-state index is 12.4. The number of hydrogen-bond acceptors (Lipinski definition) is 5. The summed E-state index contributed by atoms with van der Waals surface area (Å²) in [6.45, 7) is 3.55. The van der Waals surface area contributed by atoms with Crippen LogP contribution >= 0.6 is 35.3 Å². The number of nitrogens with zero attached hydrogens (tertiary/aromatic N) is 3. The van der Waals surface area contributed by atoms with E-state index in [1.165, 1.54) is 0 Å². The number of hydrogen-bond donors (Lipinski definition) is 3. The molecule has 7 nitrogen and oxygen atoms in total. The number of carbonyl (C=O) groups is 1. The second kappa shape index (κ2) is 13.3. The predicted molar refractivity (Wildman–Crippen MR) is 142 cm³/mol. The molecule has 0 aliphatic carbocycles. The Kier molecular flexibility index (Phi) is 10.8. The van der Waals surface area contributed by atoms with Crippen LogP contribution in [0.2, 0.25) is 0 Å². The fourth-order valence-electron chi connectivity index (χ4n) is 3.02. The molecule has 0 radical (unpaired) electrons. The van der Waals surface area contributed by atoms with E-state index in [4.69, 9.17) is 0 Å².